The van der Waals surface area contributed by atoms with Gasteiger partial charge in [0, 0.05) is 13.1 Å². The van der Waals surface area contributed by atoms with E-state index in [0.29, 0.717) is 0 Å². The van der Waals surface area contributed by atoms with Crippen LogP contribution < -0.4 is 24.2 Å². The van der Waals surface area contributed by atoms with Gasteiger partial charge in [0.25, 0.3) is 0 Å². The van der Waals surface area contributed by atoms with Crippen molar-refractivity contribution in [3.8, 4) is 0 Å². The molecule has 0 spiro atoms. The van der Waals surface area contributed by atoms with Gasteiger partial charge in [-0.1, -0.05) is 60.7 Å². The van der Waals surface area contributed by atoms with E-state index in [2.05, 4.69) is 53.8 Å². The van der Waals surface area contributed by atoms with E-state index in [9.17, 15) is 0 Å². The van der Waals surface area contributed by atoms with Crippen LogP contribution in [0.5, 0.6) is 0 Å². The van der Waals surface area contributed by atoms with Crippen molar-refractivity contribution in [1.82, 2.24) is 5.32 Å². The van der Waals surface area contributed by atoms with Crippen molar-refractivity contribution < 1.29 is 18.9 Å². The minimum atomic E-state index is 0. The van der Waals surface area contributed by atoms with Crippen LogP contribution in [0.2, 0.25) is 0 Å². The molecule has 0 aliphatic heterocycles. The first-order chi connectivity index (χ1) is 7.45. The summed E-state index contributed by atoms with van der Waals surface area (Å²) < 4.78 is 0. The number of hydrogen-bond donors (Lipinski definition) is 1. The summed E-state index contributed by atoms with van der Waals surface area (Å²) in [6.45, 7) is 1.85. The van der Waals surface area contributed by atoms with Gasteiger partial charge in [0.1, 0.15) is 0 Å². The molecule has 0 saturated heterocycles. The van der Waals surface area contributed by atoms with Crippen molar-refractivity contribution >= 4 is 47.9 Å². The van der Waals surface area contributed by atoms with Crippen molar-refractivity contribution in [1.29, 1.82) is 0 Å². The maximum atomic E-state index is 3.42. The molecule has 1 nitrogen and oxygen atoms in total. The molecule has 0 bridgehead atoms. The summed E-state index contributed by atoms with van der Waals surface area (Å²) in [5.74, 6) is 0. The Morgan fingerprint density at radius 2 is 0.947 bits per heavy atom. The smallest absolute Gasteiger partial charge is 0.309 e. The van der Waals surface area contributed by atoms with E-state index in [1.54, 1.807) is 0 Å². The van der Waals surface area contributed by atoms with Crippen LogP contribution in [0.3, 0.4) is 0 Å². The van der Waals surface area contributed by atoms with Crippen LogP contribution >= 0.6 is 24.8 Å². The average Bonchev–Trinajstić information content (AvgIpc) is 2.32. The second kappa shape index (κ2) is 14.7. The molecule has 0 unspecified atom stereocenters. The maximum Gasteiger partial charge on any atom is 2.00 e. The summed E-state index contributed by atoms with van der Waals surface area (Å²) in [4.78, 5) is 0. The number of benzene rings is 2. The van der Waals surface area contributed by atoms with Gasteiger partial charge in [-0.2, -0.15) is 0 Å². The van der Waals surface area contributed by atoms with Crippen LogP contribution in [0.25, 0.3) is 0 Å². The normalized spacial score (nSPS) is 8.00. The Hall–Kier alpha value is 0.344. The van der Waals surface area contributed by atoms with Crippen molar-refractivity contribution in [2.75, 3.05) is 0 Å². The van der Waals surface area contributed by atoms with Crippen LogP contribution in [0.15, 0.2) is 60.7 Å². The van der Waals surface area contributed by atoms with Gasteiger partial charge in [-0.3, -0.25) is 0 Å². The number of halogens is 2. The summed E-state index contributed by atoms with van der Waals surface area (Å²) >= 11 is 0. The molecule has 2 aromatic rings. The van der Waals surface area contributed by atoms with Crippen LogP contribution in [0, 0.1) is 0 Å². The molecule has 0 aliphatic carbocycles. The van der Waals surface area contributed by atoms with E-state index in [1.165, 1.54) is 11.1 Å². The van der Waals surface area contributed by atoms with Gasteiger partial charge in [0.2, 0.25) is 0 Å². The average molecular weight is 301 g/mol. The fraction of sp³-hybridized carbons (Fsp3) is 0.143. The second-order valence-corrected chi connectivity index (χ2v) is 3.57. The third-order valence-electron chi connectivity index (χ3n) is 2.34. The van der Waals surface area contributed by atoms with Gasteiger partial charge < -0.3 is 5.32 Å². The molecule has 0 aromatic heterocycles. The first-order valence-electron chi connectivity index (χ1n) is 5.24. The van der Waals surface area contributed by atoms with E-state index >= 15 is 0 Å². The quantitative estimate of drug-likeness (QED) is 0.808. The minimum absolute atomic E-state index is 0. The third kappa shape index (κ3) is 9.81. The van der Waals surface area contributed by atoms with Crippen LogP contribution in [-0.4, -0.2) is 23.1 Å². The summed E-state index contributed by atoms with van der Waals surface area (Å²) in [5, 5.41) is 3.42. The van der Waals surface area contributed by atoms with Gasteiger partial charge in [0.05, 0.1) is 0 Å². The monoisotopic (exact) mass is 300 g/mol. The summed E-state index contributed by atoms with van der Waals surface area (Å²) in [7, 11) is 0. The van der Waals surface area contributed by atoms with Crippen LogP contribution in [0.1, 0.15) is 11.1 Å². The summed E-state index contributed by atoms with van der Waals surface area (Å²) in [5.41, 5.74) is 2.65. The van der Waals surface area contributed by atoms with Gasteiger partial charge >= 0.3 is 41.9 Å². The SMILES string of the molecule is Cl.Cl.[Li+].[Mg+2].c1ccc(CNCc2ccccc2)cc1. The molecule has 2 aromatic carbocycles. The summed E-state index contributed by atoms with van der Waals surface area (Å²) in [6, 6.07) is 20.9. The Bertz CT molecular complexity index is 361. The largest absolute Gasteiger partial charge is 2.00 e. The van der Waals surface area contributed by atoms with Crippen LogP contribution in [-0.2, 0) is 13.1 Å². The molecular formula is C14H17Cl2LiMgN+3. The molecule has 92 valence electrons. The zero-order chi connectivity index (χ0) is 10.3. The van der Waals surface area contributed by atoms with E-state index in [4.69, 9.17) is 0 Å². The molecule has 2 rings (SSSR count). The van der Waals surface area contributed by atoms with E-state index in [0.717, 1.165) is 13.1 Å². The Balaban J connectivity index is -0.000000640. The molecule has 0 saturated carbocycles. The third-order valence-corrected chi connectivity index (χ3v) is 2.34. The fourth-order valence-electron chi connectivity index (χ4n) is 1.54. The standard InChI is InChI=1S/C14H15N.2ClH.Li.Mg/c1-3-7-13(8-4-1)11-15-12-14-9-5-2-6-10-14;;;;/h1-10,15H,11-12H2;2*1H;;/q;;;+1;+2. The van der Waals surface area contributed by atoms with Gasteiger partial charge in [-0.25, -0.2) is 0 Å². The van der Waals surface area contributed by atoms with Crippen molar-refractivity contribution in [3.63, 3.8) is 0 Å². The van der Waals surface area contributed by atoms with Crippen molar-refractivity contribution in [2.24, 2.45) is 0 Å². The zero-order valence-electron chi connectivity index (χ0n) is 11.2. The van der Waals surface area contributed by atoms with Crippen molar-refractivity contribution in [2.45, 2.75) is 13.1 Å². The molecular weight excluding hydrogens is 284 g/mol. The maximum absolute atomic E-state index is 3.42. The fourth-order valence-corrected chi connectivity index (χ4v) is 1.54. The Morgan fingerprint density at radius 1 is 0.632 bits per heavy atom. The minimum Gasteiger partial charge on any atom is -0.309 e. The first-order valence-corrected chi connectivity index (χ1v) is 5.24. The predicted octanol–water partition coefficient (Wildman–Crippen LogP) is 0.443. The van der Waals surface area contributed by atoms with Gasteiger partial charge in [-0.15, -0.1) is 24.8 Å². The zero-order valence-corrected chi connectivity index (χ0v) is 14.3. The molecule has 0 amide bonds. The topological polar surface area (TPSA) is 12.0 Å². The van der Waals surface area contributed by atoms with Crippen LogP contribution in [0.4, 0.5) is 0 Å². The predicted molar refractivity (Wildman–Crippen MR) is 83.7 cm³/mol. The van der Waals surface area contributed by atoms with E-state index in [1.807, 2.05) is 12.1 Å². The van der Waals surface area contributed by atoms with E-state index in [-0.39, 0.29) is 66.7 Å². The molecule has 0 fully saturated rings. The Kier molecular flexibility index (Phi) is 18.9. The Labute approximate surface area is 156 Å². The molecule has 0 aliphatic rings. The Morgan fingerprint density at radius 3 is 1.26 bits per heavy atom. The molecule has 5 heteroatoms. The molecule has 1 N–H and O–H groups in total. The number of rotatable bonds is 4. The first kappa shape index (κ1) is 24.4. The molecule has 0 atom stereocenters. The van der Waals surface area contributed by atoms with Gasteiger partial charge in [0.15, 0.2) is 0 Å². The second-order valence-electron chi connectivity index (χ2n) is 3.57. The summed E-state index contributed by atoms with van der Waals surface area (Å²) in [6.07, 6.45) is 0. The molecule has 19 heavy (non-hydrogen) atoms. The number of hydrogen-bond acceptors (Lipinski definition) is 1. The van der Waals surface area contributed by atoms with Crippen molar-refractivity contribution in [3.05, 3.63) is 71.8 Å². The molecule has 0 radical (unpaired) electrons. The molecule has 0 heterocycles. The van der Waals surface area contributed by atoms with Gasteiger partial charge in [-0.05, 0) is 11.1 Å². The number of nitrogens with one attached hydrogen (secondary N) is 1. The van der Waals surface area contributed by atoms with E-state index < -0.39 is 0 Å².